The quantitative estimate of drug-likeness (QED) is 0.821. The average molecular weight is 207 g/mol. The zero-order valence-corrected chi connectivity index (χ0v) is 8.20. The molecule has 0 amide bonds. The fraction of sp³-hybridized carbons (Fsp3) is 0.182. The van der Waals surface area contributed by atoms with E-state index in [0.29, 0.717) is 17.0 Å². The lowest BCUT2D eigenvalue weighted by Gasteiger charge is -2.01. The van der Waals surface area contributed by atoms with Crippen molar-refractivity contribution in [3.63, 3.8) is 0 Å². The van der Waals surface area contributed by atoms with Gasteiger partial charge in [0.2, 0.25) is 0 Å². The number of aryl methyl sites for hydroxylation is 1. The summed E-state index contributed by atoms with van der Waals surface area (Å²) in [6.45, 7) is 1.57. The van der Waals surface area contributed by atoms with E-state index < -0.39 is 0 Å². The summed E-state index contributed by atoms with van der Waals surface area (Å²) in [6, 6.07) is 4.56. The molecule has 4 heteroatoms. The highest BCUT2D eigenvalue weighted by atomic mass is 19.1. The predicted molar refractivity (Wildman–Crippen MR) is 52.6 cm³/mol. The number of hydrogen-bond acceptors (Lipinski definition) is 3. The lowest BCUT2D eigenvalue weighted by Crippen LogP contribution is -1.88. The molecule has 3 nitrogen and oxygen atoms in total. The molecule has 0 spiro atoms. The van der Waals surface area contributed by atoms with Gasteiger partial charge < -0.3 is 9.52 Å². The largest absolute Gasteiger partial charge is 0.443 e. The molecule has 0 atom stereocenters. The van der Waals surface area contributed by atoms with Gasteiger partial charge in [-0.3, -0.25) is 0 Å². The van der Waals surface area contributed by atoms with Crippen LogP contribution in [0.2, 0.25) is 0 Å². The lowest BCUT2D eigenvalue weighted by molar-refractivity contribution is 0.277. The number of nitrogens with zero attached hydrogens (tertiary/aromatic N) is 1. The second-order valence-electron chi connectivity index (χ2n) is 3.30. The Morgan fingerprint density at radius 2 is 2.20 bits per heavy atom. The van der Waals surface area contributed by atoms with Crippen LogP contribution in [-0.4, -0.2) is 10.1 Å². The molecule has 1 aromatic carbocycles. The number of aliphatic hydroxyl groups excluding tert-OH is 1. The Bertz CT molecular complexity index is 459. The molecule has 1 N–H and O–H groups in total. The molecule has 0 aliphatic heterocycles. The zero-order chi connectivity index (χ0) is 10.8. The number of aromatic nitrogens is 1. The summed E-state index contributed by atoms with van der Waals surface area (Å²) in [7, 11) is 0. The minimum Gasteiger partial charge on any atom is -0.443 e. The number of rotatable bonds is 2. The molecular weight excluding hydrogens is 197 g/mol. The molecule has 0 saturated carbocycles. The van der Waals surface area contributed by atoms with Crippen LogP contribution in [0, 0.1) is 12.7 Å². The van der Waals surface area contributed by atoms with E-state index in [0.717, 1.165) is 5.56 Å². The molecule has 0 bridgehead atoms. The van der Waals surface area contributed by atoms with E-state index in [1.807, 2.05) is 0 Å². The van der Waals surface area contributed by atoms with Crippen LogP contribution in [0.5, 0.6) is 0 Å². The molecule has 0 fully saturated rings. The molecule has 2 aromatic rings. The Hall–Kier alpha value is -1.68. The molecule has 0 radical (unpaired) electrons. The molecular formula is C11H10FNO2. The zero-order valence-electron chi connectivity index (χ0n) is 8.20. The van der Waals surface area contributed by atoms with Gasteiger partial charge >= 0.3 is 0 Å². The third kappa shape index (κ3) is 1.89. The van der Waals surface area contributed by atoms with Gasteiger partial charge in [0.1, 0.15) is 11.5 Å². The third-order valence-electron chi connectivity index (χ3n) is 2.10. The standard InChI is InChI=1S/C11H10FNO2/c1-7-2-8(4-9(12)3-7)11-10(5-14)13-6-15-11/h2-4,6,14H,5H2,1H3. The van der Waals surface area contributed by atoms with Crippen LogP contribution in [-0.2, 0) is 6.61 Å². The maximum atomic E-state index is 13.1. The van der Waals surface area contributed by atoms with E-state index in [9.17, 15) is 4.39 Å². The molecule has 78 valence electrons. The maximum absolute atomic E-state index is 13.1. The second-order valence-corrected chi connectivity index (χ2v) is 3.30. The van der Waals surface area contributed by atoms with Gasteiger partial charge in [0.15, 0.2) is 12.2 Å². The van der Waals surface area contributed by atoms with Crippen molar-refractivity contribution in [1.29, 1.82) is 0 Å². The number of hydrogen-bond donors (Lipinski definition) is 1. The minimum atomic E-state index is -0.328. The van der Waals surface area contributed by atoms with Crippen molar-refractivity contribution >= 4 is 0 Å². The predicted octanol–water partition coefficient (Wildman–Crippen LogP) is 2.28. The Balaban J connectivity index is 2.53. The fourth-order valence-corrected chi connectivity index (χ4v) is 1.48. The van der Waals surface area contributed by atoms with Gasteiger partial charge in [-0.25, -0.2) is 9.37 Å². The summed E-state index contributed by atoms with van der Waals surface area (Å²) < 4.78 is 18.2. The van der Waals surface area contributed by atoms with Crippen LogP contribution < -0.4 is 0 Å². The first-order chi connectivity index (χ1) is 7.20. The normalized spacial score (nSPS) is 10.6. The Kier molecular flexibility index (Phi) is 2.51. The summed E-state index contributed by atoms with van der Waals surface area (Å²) in [6.07, 6.45) is 1.24. The highest BCUT2D eigenvalue weighted by molar-refractivity contribution is 5.60. The van der Waals surface area contributed by atoms with Crippen molar-refractivity contribution in [2.75, 3.05) is 0 Å². The molecule has 0 aliphatic rings. The molecule has 1 heterocycles. The van der Waals surface area contributed by atoms with Gasteiger partial charge in [-0.1, -0.05) is 0 Å². The van der Waals surface area contributed by atoms with E-state index in [-0.39, 0.29) is 12.4 Å². The van der Waals surface area contributed by atoms with E-state index in [1.165, 1.54) is 18.5 Å². The fourth-order valence-electron chi connectivity index (χ4n) is 1.48. The van der Waals surface area contributed by atoms with E-state index >= 15 is 0 Å². The van der Waals surface area contributed by atoms with E-state index in [1.54, 1.807) is 13.0 Å². The van der Waals surface area contributed by atoms with Crippen LogP contribution in [0.3, 0.4) is 0 Å². The summed E-state index contributed by atoms with van der Waals surface area (Å²) in [5, 5.41) is 8.99. The van der Waals surface area contributed by atoms with Crippen LogP contribution >= 0.6 is 0 Å². The van der Waals surface area contributed by atoms with Crippen LogP contribution in [0.4, 0.5) is 4.39 Å². The van der Waals surface area contributed by atoms with E-state index in [2.05, 4.69) is 4.98 Å². The number of halogens is 1. The van der Waals surface area contributed by atoms with Crippen molar-refractivity contribution in [3.05, 3.63) is 41.7 Å². The number of oxazole rings is 1. The summed E-state index contributed by atoms with van der Waals surface area (Å²) in [5.41, 5.74) is 1.80. The summed E-state index contributed by atoms with van der Waals surface area (Å²) >= 11 is 0. The van der Waals surface area contributed by atoms with Crippen molar-refractivity contribution in [3.8, 4) is 11.3 Å². The lowest BCUT2D eigenvalue weighted by atomic mass is 10.1. The van der Waals surface area contributed by atoms with Crippen molar-refractivity contribution in [1.82, 2.24) is 4.98 Å². The molecule has 2 rings (SSSR count). The monoisotopic (exact) mass is 207 g/mol. The van der Waals surface area contributed by atoms with Gasteiger partial charge in [-0.15, -0.1) is 0 Å². The number of benzene rings is 1. The summed E-state index contributed by atoms with van der Waals surface area (Å²) in [5.74, 6) is 0.0883. The Morgan fingerprint density at radius 3 is 2.87 bits per heavy atom. The van der Waals surface area contributed by atoms with Crippen molar-refractivity contribution < 1.29 is 13.9 Å². The Morgan fingerprint density at radius 1 is 1.40 bits per heavy atom. The first-order valence-corrected chi connectivity index (χ1v) is 4.51. The maximum Gasteiger partial charge on any atom is 0.181 e. The third-order valence-corrected chi connectivity index (χ3v) is 2.10. The highest BCUT2D eigenvalue weighted by Crippen LogP contribution is 2.24. The van der Waals surface area contributed by atoms with E-state index in [4.69, 9.17) is 9.52 Å². The van der Waals surface area contributed by atoms with Crippen LogP contribution in [0.25, 0.3) is 11.3 Å². The molecule has 1 aromatic heterocycles. The van der Waals surface area contributed by atoms with Gasteiger partial charge in [0.05, 0.1) is 6.61 Å². The van der Waals surface area contributed by atoms with Gasteiger partial charge in [0, 0.05) is 5.56 Å². The average Bonchev–Trinajstić information content (AvgIpc) is 2.63. The molecule has 0 aliphatic carbocycles. The molecule has 0 unspecified atom stereocenters. The van der Waals surface area contributed by atoms with Crippen molar-refractivity contribution in [2.45, 2.75) is 13.5 Å². The number of aliphatic hydroxyl groups is 1. The van der Waals surface area contributed by atoms with Crippen LogP contribution in [0.1, 0.15) is 11.3 Å². The van der Waals surface area contributed by atoms with Crippen molar-refractivity contribution in [2.24, 2.45) is 0 Å². The van der Waals surface area contributed by atoms with Gasteiger partial charge in [-0.2, -0.15) is 0 Å². The van der Waals surface area contributed by atoms with Gasteiger partial charge in [0.25, 0.3) is 0 Å². The molecule has 0 saturated heterocycles. The first kappa shape index (κ1) is 9.86. The second kappa shape index (κ2) is 3.82. The summed E-state index contributed by atoms with van der Waals surface area (Å²) in [4.78, 5) is 3.83. The minimum absolute atomic E-state index is 0.221. The topological polar surface area (TPSA) is 46.3 Å². The Labute approximate surface area is 86.2 Å². The van der Waals surface area contributed by atoms with Crippen LogP contribution in [0.15, 0.2) is 29.0 Å². The smallest absolute Gasteiger partial charge is 0.181 e. The highest BCUT2D eigenvalue weighted by Gasteiger charge is 2.10. The molecule has 15 heavy (non-hydrogen) atoms. The SMILES string of the molecule is Cc1cc(F)cc(-c2ocnc2CO)c1. The first-order valence-electron chi connectivity index (χ1n) is 4.51. The van der Waals surface area contributed by atoms with Gasteiger partial charge in [-0.05, 0) is 30.7 Å².